The van der Waals surface area contributed by atoms with Crippen molar-refractivity contribution in [2.24, 2.45) is 0 Å². The highest BCUT2D eigenvalue weighted by Gasteiger charge is 2.39. The normalized spacial score (nSPS) is 16.6. The van der Waals surface area contributed by atoms with E-state index in [4.69, 9.17) is 4.42 Å². The Balaban J connectivity index is 1.63. The van der Waals surface area contributed by atoms with Crippen LogP contribution in [0.4, 0.5) is 8.78 Å². The molecule has 5 heterocycles. The maximum Gasteiger partial charge on any atom is 0.292 e. The van der Waals surface area contributed by atoms with E-state index in [0.29, 0.717) is 24.4 Å². The minimum atomic E-state index is -2.91. The average Bonchev–Trinajstić information content (AvgIpc) is 3.44. The number of amides is 1. The molecule has 148 valence electrons. The second kappa shape index (κ2) is 6.50. The summed E-state index contributed by atoms with van der Waals surface area (Å²) in [4.78, 5) is 25.6. The number of halogens is 2. The van der Waals surface area contributed by atoms with Crippen molar-refractivity contribution in [1.82, 2.24) is 29.5 Å². The van der Waals surface area contributed by atoms with E-state index in [0.717, 1.165) is 23.2 Å². The van der Waals surface area contributed by atoms with E-state index in [1.165, 1.54) is 4.90 Å². The van der Waals surface area contributed by atoms with Crippen LogP contribution in [0.5, 0.6) is 0 Å². The van der Waals surface area contributed by atoms with Gasteiger partial charge in [-0.1, -0.05) is 6.07 Å². The summed E-state index contributed by atoms with van der Waals surface area (Å²) in [6, 6.07) is 5.10. The minimum absolute atomic E-state index is 0.301. The number of carbonyl (C=O) groups excluding carboxylic acids is 1. The van der Waals surface area contributed by atoms with Crippen LogP contribution in [0, 0.1) is 6.92 Å². The van der Waals surface area contributed by atoms with Crippen LogP contribution < -0.4 is 0 Å². The van der Waals surface area contributed by atoms with Crippen LogP contribution in [0.15, 0.2) is 41.5 Å². The Morgan fingerprint density at radius 2 is 2.24 bits per heavy atom. The lowest BCUT2D eigenvalue weighted by Gasteiger charge is -2.33. The van der Waals surface area contributed by atoms with Crippen molar-refractivity contribution < 1.29 is 18.0 Å². The van der Waals surface area contributed by atoms with Gasteiger partial charge in [-0.25, -0.2) is 23.3 Å². The molecule has 8 nitrogen and oxygen atoms in total. The highest BCUT2D eigenvalue weighted by atomic mass is 19.3. The minimum Gasteiger partial charge on any atom is -0.438 e. The molecule has 10 heteroatoms. The van der Waals surface area contributed by atoms with Gasteiger partial charge in [0.2, 0.25) is 5.76 Å². The molecule has 5 rings (SSSR count). The summed E-state index contributed by atoms with van der Waals surface area (Å²) in [5.41, 5.74) is 3.39. The topological polar surface area (TPSA) is 92.3 Å². The zero-order chi connectivity index (χ0) is 20.1. The van der Waals surface area contributed by atoms with Gasteiger partial charge in [-0.2, -0.15) is 5.10 Å². The standard InChI is InChI=1S/C19H16F2N6O2/c1-10-3-2-5-27-13(10)7-12(25-27)16-14-11(22-8-23-14)4-6-26(16)19(28)17-15(18(20)21)24-9-29-17/h2-3,5,7-9,16,18H,4,6H2,1H3,(H,22,23). The zero-order valence-corrected chi connectivity index (χ0v) is 15.3. The Morgan fingerprint density at radius 1 is 1.38 bits per heavy atom. The van der Waals surface area contributed by atoms with Gasteiger partial charge >= 0.3 is 0 Å². The fourth-order valence-corrected chi connectivity index (χ4v) is 3.81. The smallest absolute Gasteiger partial charge is 0.292 e. The molecule has 0 spiro atoms. The highest BCUT2D eigenvalue weighted by Crippen LogP contribution is 2.35. The molecule has 0 radical (unpaired) electrons. The number of alkyl halides is 2. The number of oxazole rings is 1. The number of aromatic nitrogens is 5. The number of hydrogen-bond donors (Lipinski definition) is 1. The summed E-state index contributed by atoms with van der Waals surface area (Å²) in [5.74, 6) is -1.12. The van der Waals surface area contributed by atoms with Crippen molar-refractivity contribution in [2.75, 3.05) is 6.54 Å². The fraction of sp³-hybridized carbons (Fsp3) is 0.263. The maximum absolute atomic E-state index is 13.3. The number of fused-ring (bicyclic) bond motifs is 2. The zero-order valence-electron chi connectivity index (χ0n) is 15.3. The van der Waals surface area contributed by atoms with E-state index in [2.05, 4.69) is 20.1 Å². The van der Waals surface area contributed by atoms with Gasteiger partial charge < -0.3 is 14.3 Å². The Morgan fingerprint density at radius 3 is 3.03 bits per heavy atom. The highest BCUT2D eigenvalue weighted by molar-refractivity contribution is 5.93. The third kappa shape index (κ3) is 2.71. The van der Waals surface area contributed by atoms with Crippen LogP contribution in [-0.4, -0.2) is 41.9 Å². The van der Waals surface area contributed by atoms with Gasteiger partial charge in [-0.3, -0.25) is 4.79 Å². The summed E-state index contributed by atoms with van der Waals surface area (Å²) in [5, 5.41) is 4.62. The molecule has 4 aromatic rings. The molecule has 1 amide bonds. The molecule has 1 aliphatic rings. The second-order valence-electron chi connectivity index (χ2n) is 6.88. The molecule has 0 aromatic carbocycles. The van der Waals surface area contributed by atoms with Crippen molar-refractivity contribution in [2.45, 2.75) is 25.8 Å². The Hall–Kier alpha value is -3.56. The summed E-state index contributed by atoms with van der Waals surface area (Å²) < 4.78 is 33.3. The first-order valence-electron chi connectivity index (χ1n) is 9.04. The van der Waals surface area contributed by atoms with Crippen LogP contribution in [0.25, 0.3) is 5.52 Å². The SMILES string of the molecule is Cc1cccn2nc(C3c4nc[nH]c4CCN3C(=O)c3ocnc3C(F)F)cc12. The summed E-state index contributed by atoms with van der Waals surface area (Å²) >= 11 is 0. The number of imidazole rings is 1. The van der Waals surface area contributed by atoms with E-state index in [1.54, 1.807) is 10.8 Å². The second-order valence-corrected chi connectivity index (χ2v) is 6.88. The predicted molar refractivity (Wildman–Crippen MR) is 96.6 cm³/mol. The van der Waals surface area contributed by atoms with E-state index >= 15 is 0 Å². The average molecular weight is 398 g/mol. The number of carbonyl (C=O) groups is 1. The first kappa shape index (κ1) is 17.5. The van der Waals surface area contributed by atoms with Crippen molar-refractivity contribution in [3.8, 4) is 0 Å². The molecule has 0 bridgehead atoms. The van der Waals surface area contributed by atoms with Crippen molar-refractivity contribution in [1.29, 1.82) is 0 Å². The van der Waals surface area contributed by atoms with Crippen LogP contribution in [0.1, 0.15) is 51.4 Å². The Bertz CT molecular complexity index is 1210. The maximum atomic E-state index is 13.3. The number of aromatic amines is 1. The van der Waals surface area contributed by atoms with Gasteiger partial charge in [0.25, 0.3) is 12.3 Å². The third-order valence-electron chi connectivity index (χ3n) is 5.19. The van der Waals surface area contributed by atoms with Crippen LogP contribution in [0.2, 0.25) is 0 Å². The van der Waals surface area contributed by atoms with Gasteiger partial charge in [-0.15, -0.1) is 0 Å². The van der Waals surface area contributed by atoms with Gasteiger partial charge in [0, 0.05) is 24.9 Å². The quantitative estimate of drug-likeness (QED) is 0.573. The molecular weight excluding hydrogens is 382 g/mol. The molecule has 1 atom stereocenters. The molecule has 1 N–H and O–H groups in total. The first-order chi connectivity index (χ1) is 14.0. The third-order valence-corrected chi connectivity index (χ3v) is 5.19. The number of rotatable bonds is 3. The van der Waals surface area contributed by atoms with E-state index in [-0.39, 0.29) is 0 Å². The van der Waals surface area contributed by atoms with Gasteiger partial charge in [-0.05, 0) is 24.6 Å². The monoisotopic (exact) mass is 398 g/mol. The van der Waals surface area contributed by atoms with Crippen molar-refractivity contribution >= 4 is 11.4 Å². The number of aryl methyl sites for hydroxylation is 1. The molecule has 0 saturated carbocycles. The van der Waals surface area contributed by atoms with Gasteiger partial charge in [0.05, 0.1) is 23.2 Å². The Kier molecular flexibility index (Phi) is 3.93. The lowest BCUT2D eigenvalue weighted by molar-refractivity contribution is 0.0639. The number of pyridine rings is 1. The van der Waals surface area contributed by atoms with Crippen molar-refractivity contribution in [3.05, 3.63) is 71.2 Å². The number of hydrogen-bond acceptors (Lipinski definition) is 5. The molecule has 4 aromatic heterocycles. The molecule has 0 aliphatic carbocycles. The van der Waals surface area contributed by atoms with E-state index in [1.807, 2.05) is 31.3 Å². The molecule has 0 fully saturated rings. The molecular formula is C19H16F2N6O2. The molecule has 1 aliphatic heterocycles. The summed E-state index contributed by atoms with van der Waals surface area (Å²) in [6.07, 6.45) is 1.85. The molecule has 29 heavy (non-hydrogen) atoms. The van der Waals surface area contributed by atoms with Crippen LogP contribution in [0.3, 0.4) is 0 Å². The fourth-order valence-electron chi connectivity index (χ4n) is 3.81. The molecule has 0 saturated heterocycles. The number of H-pyrrole nitrogens is 1. The Labute approximate surface area is 163 Å². The molecule has 1 unspecified atom stereocenters. The first-order valence-corrected chi connectivity index (χ1v) is 9.04. The van der Waals surface area contributed by atoms with Gasteiger partial charge in [0.1, 0.15) is 6.04 Å². The summed E-state index contributed by atoms with van der Waals surface area (Å²) in [7, 11) is 0. The van der Waals surface area contributed by atoms with Gasteiger partial charge in [0.15, 0.2) is 12.1 Å². The largest absolute Gasteiger partial charge is 0.438 e. The lowest BCUT2D eigenvalue weighted by atomic mass is 9.99. The van der Waals surface area contributed by atoms with E-state index < -0.39 is 29.8 Å². The number of nitrogens with one attached hydrogen (secondary N) is 1. The predicted octanol–water partition coefficient (Wildman–Crippen LogP) is 3.08. The summed E-state index contributed by atoms with van der Waals surface area (Å²) in [6.45, 7) is 2.27. The van der Waals surface area contributed by atoms with E-state index in [9.17, 15) is 13.6 Å². The lowest BCUT2D eigenvalue weighted by Crippen LogP contribution is -2.41. The van der Waals surface area contributed by atoms with Crippen molar-refractivity contribution in [3.63, 3.8) is 0 Å². The van der Waals surface area contributed by atoms with Crippen LogP contribution in [-0.2, 0) is 6.42 Å². The van der Waals surface area contributed by atoms with Crippen LogP contribution >= 0.6 is 0 Å². The number of nitrogens with zero attached hydrogens (tertiary/aromatic N) is 5.